The van der Waals surface area contributed by atoms with Gasteiger partial charge in [0, 0.05) is 22.6 Å². The fourth-order valence-corrected chi connectivity index (χ4v) is 4.03. The number of ketones is 1. The topological polar surface area (TPSA) is 34.1 Å². The van der Waals surface area contributed by atoms with Crippen molar-refractivity contribution in [3.8, 4) is 0 Å². The molecule has 2 unspecified atom stereocenters. The first-order valence-corrected chi connectivity index (χ1v) is 8.23. The van der Waals surface area contributed by atoms with Crippen molar-refractivity contribution in [2.75, 3.05) is 5.75 Å². The maximum absolute atomic E-state index is 13.6. The molecule has 2 rings (SSSR count). The summed E-state index contributed by atoms with van der Waals surface area (Å²) in [5.41, 5.74) is -0.182. The molecule has 1 saturated carbocycles. The van der Waals surface area contributed by atoms with Gasteiger partial charge in [0.15, 0.2) is 5.78 Å². The molecule has 1 fully saturated rings. The molecule has 0 aromatic heterocycles. The molecule has 2 nitrogen and oxygen atoms in total. The Bertz CT molecular complexity index is 525. The zero-order chi connectivity index (χ0) is 14.7. The standard InChI is InChI=1S/C15H18F2O2S/c1-10(20(19)9-11-4-2-3-5-11)15(18)13-7-6-12(16)8-14(13)17/h6-8,10-11H,2-5,9H2,1H3. The van der Waals surface area contributed by atoms with Gasteiger partial charge in [-0.15, -0.1) is 0 Å². The van der Waals surface area contributed by atoms with Crippen molar-refractivity contribution in [1.82, 2.24) is 0 Å². The Morgan fingerprint density at radius 3 is 2.60 bits per heavy atom. The molecule has 20 heavy (non-hydrogen) atoms. The minimum atomic E-state index is -1.31. The van der Waals surface area contributed by atoms with E-state index in [1.54, 1.807) is 6.92 Å². The van der Waals surface area contributed by atoms with E-state index in [1.165, 1.54) is 0 Å². The summed E-state index contributed by atoms with van der Waals surface area (Å²) in [6, 6.07) is 2.85. The van der Waals surface area contributed by atoms with Gasteiger partial charge >= 0.3 is 0 Å². The Morgan fingerprint density at radius 1 is 1.35 bits per heavy atom. The van der Waals surface area contributed by atoms with E-state index in [-0.39, 0.29) is 5.56 Å². The normalized spacial score (nSPS) is 18.9. The van der Waals surface area contributed by atoms with Crippen molar-refractivity contribution in [3.05, 3.63) is 35.4 Å². The summed E-state index contributed by atoms with van der Waals surface area (Å²) in [5, 5.41) is -0.754. The van der Waals surface area contributed by atoms with Crippen molar-refractivity contribution in [1.29, 1.82) is 0 Å². The van der Waals surface area contributed by atoms with Gasteiger partial charge in [0.2, 0.25) is 0 Å². The maximum Gasteiger partial charge on any atom is 0.181 e. The summed E-state index contributed by atoms with van der Waals surface area (Å²) in [6.07, 6.45) is 4.41. The number of halogens is 2. The van der Waals surface area contributed by atoms with Gasteiger partial charge in [-0.1, -0.05) is 12.8 Å². The molecule has 0 bridgehead atoms. The number of benzene rings is 1. The van der Waals surface area contributed by atoms with Crippen LogP contribution in [0.25, 0.3) is 0 Å². The van der Waals surface area contributed by atoms with Crippen molar-refractivity contribution >= 4 is 16.6 Å². The van der Waals surface area contributed by atoms with Crippen LogP contribution in [0.15, 0.2) is 18.2 Å². The lowest BCUT2D eigenvalue weighted by atomic mass is 10.1. The van der Waals surface area contributed by atoms with Crippen LogP contribution in [0.1, 0.15) is 43.0 Å². The van der Waals surface area contributed by atoms with E-state index in [2.05, 4.69) is 0 Å². The summed E-state index contributed by atoms with van der Waals surface area (Å²) in [7, 11) is -1.31. The van der Waals surface area contributed by atoms with Crippen molar-refractivity contribution in [2.45, 2.75) is 37.9 Å². The van der Waals surface area contributed by atoms with Gasteiger partial charge < -0.3 is 0 Å². The monoisotopic (exact) mass is 300 g/mol. The minimum absolute atomic E-state index is 0.182. The van der Waals surface area contributed by atoms with Gasteiger partial charge in [0.05, 0.1) is 10.8 Å². The van der Waals surface area contributed by atoms with Gasteiger partial charge in [0.25, 0.3) is 0 Å². The van der Waals surface area contributed by atoms with E-state index in [0.717, 1.165) is 37.8 Å². The van der Waals surface area contributed by atoms with Crippen LogP contribution in [0.2, 0.25) is 0 Å². The molecule has 0 heterocycles. The summed E-state index contributed by atoms with van der Waals surface area (Å²) in [6.45, 7) is 1.55. The van der Waals surface area contributed by atoms with E-state index in [4.69, 9.17) is 0 Å². The van der Waals surface area contributed by atoms with Crippen molar-refractivity contribution < 1.29 is 17.8 Å². The van der Waals surface area contributed by atoms with Gasteiger partial charge in [-0.05, 0) is 37.8 Å². The van der Waals surface area contributed by atoms with Crippen LogP contribution in [-0.2, 0) is 10.8 Å². The molecule has 0 saturated heterocycles. The smallest absolute Gasteiger partial charge is 0.181 e. The third-order valence-electron chi connectivity index (χ3n) is 3.83. The number of carbonyl (C=O) groups excluding carboxylic acids is 1. The zero-order valence-electron chi connectivity index (χ0n) is 11.4. The van der Waals surface area contributed by atoms with Gasteiger partial charge in [-0.25, -0.2) is 8.78 Å². The lowest BCUT2D eigenvalue weighted by Crippen LogP contribution is -2.27. The Balaban J connectivity index is 2.05. The molecular weight excluding hydrogens is 282 g/mol. The Morgan fingerprint density at radius 2 is 2.00 bits per heavy atom. The summed E-state index contributed by atoms with van der Waals surface area (Å²) >= 11 is 0. The number of hydrogen-bond acceptors (Lipinski definition) is 2. The molecule has 0 amide bonds. The molecule has 1 aliphatic rings. The SMILES string of the molecule is CC(C(=O)c1ccc(F)cc1F)S(=O)CC1CCCC1. The van der Waals surface area contributed by atoms with Gasteiger partial charge in [0.1, 0.15) is 11.6 Å². The predicted molar refractivity (Wildman–Crippen MR) is 75.1 cm³/mol. The summed E-state index contributed by atoms with van der Waals surface area (Å²) in [4.78, 5) is 12.1. The van der Waals surface area contributed by atoms with Crippen LogP contribution in [-0.4, -0.2) is 21.0 Å². The first kappa shape index (κ1) is 15.3. The Hall–Kier alpha value is -1.10. The number of Topliss-reactive ketones (excluding diaryl/α,β-unsaturated/α-hetero) is 1. The van der Waals surface area contributed by atoms with Crippen LogP contribution in [0.3, 0.4) is 0 Å². The predicted octanol–water partition coefficient (Wildman–Crippen LogP) is 3.47. The second-order valence-corrected chi connectivity index (χ2v) is 7.13. The summed E-state index contributed by atoms with van der Waals surface area (Å²) < 4.78 is 38.6. The molecule has 0 spiro atoms. The molecule has 0 N–H and O–H groups in total. The van der Waals surface area contributed by atoms with E-state index < -0.39 is 33.5 Å². The second kappa shape index (κ2) is 6.57. The van der Waals surface area contributed by atoms with Crippen LogP contribution in [0.5, 0.6) is 0 Å². The van der Waals surface area contributed by atoms with Crippen LogP contribution >= 0.6 is 0 Å². The highest BCUT2D eigenvalue weighted by molar-refractivity contribution is 7.86. The van der Waals surface area contributed by atoms with Crippen molar-refractivity contribution in [2.24, 2.45) is 5.92 Å². The highest BCUT2D eigenvalue weighted by atomic mass is 32.2. The minimum Gasteiger partial charge on any atom is -0.293 e. The third kappa shape index (κ3) is 3.51. The highest BCUT2D eigenvalue weighted by Crippen LogP contribution is 2.26. The average Bonchev–Trinajstić information content (AvgIpc) is 2.90. The van der Waals surface area contributed by atoms with Gasteiger partial charge in [-0.2, -0.15) is 0 Å². The molecule has 2 atom stereocenters. The fourth-order valence-electron chi connectivity index (χ4n) is 2.58. The maximum atomic E-state index is 13.6. The molecule has 0 aliphatic heterocycles. The number of hydrogen-bond donors (Lipinski definition) is 0. The Kier molecular flexibility index (Phi) is 5.02. The molecule has 5 heteroatoms. The van der Waals surface area contributed by atoms with Crippen LogP contribution < -0.4 is 0 Å². The largest absolute Gasteiger partial charge is 0.293 e. The van der Waals surface area contributed by atoms with Crippen LogP contribution in [0.4, 0.5) is 8.78 Å². The summed E-state index contributed by atoms with van der Waals surface area (Å²) in [5.74, 6) is -1.23. The van der Waals surface area contributed by atoms with Gasteiger partial charge in [-0.3, -0.25) is 9.00 Å². The first-order chi connectivity index (χ1) is 9.49. The number of rotatable bonds is 5. The van der Waals surface area contributed by atoms with Crippen molar-refractivity contribution in [3.63, 3.8) is 0 Å². The average molecular weight is 300 g/mol. The van der Waals surface area contributed by atoms with E-state index in [1.807, 2.05) is 0 Å². The van der Waals surface area contributed by atoms with E-state index in [0.29, 0.717) is 17.7 Å². The zero-order valence-corrected chi connectivity index (χ0v) is 12.2. The molecule has 110 valence electrons. The molecular formula is C15H18F2O2S. The molecule has 1 aromatic carbocycles. The fraction of sp³-hybridized carbons (Fsp3) is 0.533. The van der Waals surface area contributed by atoms with Crippen LogP contribution in [0, 0.1) is 17.6 Å². The first-order valence-electron chi connectivity index (χ1n) is 6.85. The van der Waals surface area contributed by atoms with E-state index in [9.17, 15) is 17.8 Å². The second-order valence-electron chi connectivity index (χ2n) is 5.33. The highest BCUT2D eigenvalue weighted by Gasteiger charge is 2.27. The number of carbonyl (C=O) groups is 1. The lowest BCUT2D eigenvalue weighted by Gasteiger charge is -2.14. The lowest BCUT2D eigenvalue weighted by molar-refractivity contribution is 0.0988. The van der Waals surface area contributed by atoms with E-state index >= 15 is 0 Å². The molecule has 1 aliphatic carbocycles. The molecule has 0 radical (unpaired) electrons. The molecule has 1 aromatic rings. The third-order valence-corrected chi connectivity index (χ3v) is 5.64. The Labute approximate surface area is 120 Å². The quantitative estimate of drug-likeness (QED) is 0.780.